The van der Waals surface area contributed by atoms with E-state index < -0.39 is 18.0 Å². The molecule has 1 aliphatic heterocycles. The summed E-state index contributed by atoms with van der Waals surface area (Å²) >= 11 is 1.52. The average molecular weight is 281 g/mol. The van der Waals surface area contributed by atoms with Gasteiger partial charge >= 0.3 is 12.1 Å². The Balaban J connectivity index is 2.10. The molecule has 2 heterocycles. The summed E-state index contributed by atoms with van der Waals surface area (Å²) < 4.78 is 4.95. The Hall–Kier alpha value is -1.82. The minimum atomic E-state index is -0.879. The number of rotatable bonds is 4. The number of hydrogen-bond acceptors (Lipinski definition) is 4. The van der Waals surface area contributed by atoms with Crippen LogP contribution in [0.25, 0.3) is 0 Å². The van der Waals surface area contributed by atoms with Crippen molar-refractivity contribution in [3.63, 3.8) is 0 Å². The third-order valence-corrected chi connectivity index (χ3v) is 3.89. The Labute approximate surface area is 115 Å². The summed E-state index contributed by atoms with van der Waals surface area (Å²) in [7, 11) is 0. The Kier molecular flexibility index (Phi) is 4.21. The number of carboxylic acid groups (broad SMARTS) is 1. The predicted molar refractivity (Wildman–Crippen MR) is 71.3 cm³/mol. The fourth-order valence-electron chi connectivity index (χ4n) is 2.25. The van der Waals surface area contributed by atoms with Gasteiger partial charge in [-0.25, -0.2) is 4.79 Å². The smallest absolute Gasteiger partial charge is 0.410 e. The maximum Gasteiger partial charge on any atom is 0.410 e. The van der Waals surface area contributed by atoms with Gasteiger partial charge in [-0.3, -0.25) is 4.79 Å². The number of carbonyl (C=O) groups excluding carboxylic acids is 1. The lowest BCUT2D eigenvalue weighted by molar-refractivity contribution is -0.141. The van der Waals surface area contributed by atoms with E-state index in [1.54, 1.807) is 0 Å². The number of amides is 1. The van der Waals surface area contributed by atoms with Crippen LogP contribution in [0.2, 0.25) is 0 Å². The van der Waals surface area contributed by atoms with Crippen molar-refractivity contribution in [3.8, 4) is 0 Å². The number of thiophene rings is 1. The number of likely N-dealkylation sites (tertiary alicyclic amines) is 1. The van der Waals surface area contributed by atoms with Gasteiger partial charge < -0.3 is 14.7 Å². The van der Waals surface area contributed by atoms with E-state index in [9.17, 15) is 14.7 Å². The van der Waals surface area contributed by atoms with Gasteiger partial charge in [0.1, 0.15) is 6.61 Å². The normalized spacial score (nSPS) is 22.2. The molecule has 1 aromatic heterocycles. The molecule has 0 aliphatic carbocycles. The van der Waals surface area contributed by atoms with Crippen molar-refractivity contribution >= 4 is 23.4 Å². The maximum absolute atomic E-state index is 11.8. The quantitative estimate of drug-likeness (QED) is 0.859. The molecule has 2 rings (SSSR count). The van der Waals surface area contributed by atoms with E-state index in [-0.39, 0.29) is 19.1 Å². The van der Waals surface area contributed by atoms with E-state index in [2.05, 4.69) is 6.58 Å². The Morgan fingerprint density at radius 2 is 2.37 bits per heavy atom. The highest BCUT2D eigenvalue weighted by molar-refractivity contribution is 7.08. The van der Waals surface area contributed by atoms with Gasteiger partial charge in [-0.2, -0.15) is 11.3 Å². The van der Waals surface area contributed by atoms with Gasteiger partial charge in [-0.15, -0.1) is 0 Å². The van der Waals surface area contributed by atoms with Gasteiger partial charge in [0.15, 0.2) is 0 Å². The summed E-state index contributed by atoms with van der Waals surface area (Å²) in [5.41, 5.74) is 0.969. The third-order valence-electron chi connectivity index (χ3n) is 3.19. The van der Waals surface area contributed by atoms with Crippen molar-refractivity contribution in [1.82, 2.24) is 4.90 Å². The topological polar surface area (TPSA) is 66.8 Å². The zero-order chi connectivity index (χ0) is 13.8. The maximum atomic E-state index is 11.8. The van der Waals surface area contributed by atoms with Crippen LogP contribution in [-0.4, -0.2) is 41.8 Å². The molecule has 2 atom stereocenters. The molecule has 102 valence electrons. The number of hydrogen-bond donors (Lipinski definition) is 1. The predicted octanol–water partition coefficient (Wildman–Crippen LogP) is 2.17. The molecule has 6 heteroatoms. The summed E-state index contributed by atoms with van der Waals surface area (Å²) in [5, 5.41) is 13.1. The van der Waals surface area contributed by atoms with Crippen LogP contribution < -0.4 is 0 Å². The van der Waals surface area contributed by atoms with Crippen LogP contribution in [0.5, 0.6) is 0 Å². The first kappa shape index (κ1) is 13.6. The molecule has 1 aromatic rings. The average Bonchev–Trinajstić information content (AvgIpc) is 3.03. The molecule has 0 spiro atoms. The van der Waals surface area contributed by atoms with E-state index in [4.69, 9.17) is 4.74 Å². The van der Waals surface area contributed by atoms with Crippen molar-refractivity contribution < 1.29 is 19.4 Å². The van der Waals surface area contributed by atoms with E-state index in [0.29, 0.717) is 6.54 Å². The zero-order valence-electron chi connectivity index (χ0n) is 10.3. The number of carbonyl (C=O) groups is 2. The summed E-state index contributed by atoms with van der Waals surface area (Å²) in [4.78, 5) is 24.5. The van der Waals surface area contributed by atoms with Crippen molar-refractivity contribution in [1.29, 1.82) is 0 Å². The number of carboxylic acids is 1. The molecule has 0 bridgehead atoms. The van der Waals surface area contributed by atoms with Gasteiger partial charge in [0.2, 0.25) is 0 Å². The lowest BCUT2D eigenvalue weighted by Crippen LogP contribution is -2.30. The molecule has 0 saturated carbocycles. The van der Waals surface area contributed by atoms with Crippen molar-refractivity contribution in [3.05, 3.63) is 35.0 Å². The van der Waals surface area contributed by atoms with E-state index >= 15 is 0 Å². The SMILES string of the molecule is C=CCOC(=O)N1C[C@@H](C(=O)O)[C@H](c2ccsc2)C1. The number of ether oxygens (including phenoxy) is 1. The molecule has 1 aliphatic rings. The van der Waals surface area contributed by atoms with Crippen LogP contribution >= 0.6 is 11.3 Å². The number of nitrogens with zero attached hydrogens (tertiary/aromatic N) is 1. The summed E-state index contributed by atoms with van der Waals surface area (Å²) in [5.74, 6) is -1.62. The van der Waals surface area contributed by atoms with Crippen LogP contribution in [0.15, 0.2) is 29.5 Å². The summed E-state index contributed by atoms with van der Waals surface area (Å²) in [6, 6.07) is 1.91. The van der Waals surface area contributed by atoms with Gasteiger partial charge in [0.25, 0.3) is 0 Å². The minimum absolute atomic E-state index is 0.135. The molecular weight excluding hydrogens is 266 g/mol. The fourth-order valence-corrected chi connectivity index (χ4v) is 2.97. The van der Waals surface area contributed by atoms with E-state index in [1.165, 1.54) is 22.3 Å². The van der Waals surface area contributed by atoms with Gasteiger partial charge in [-0.05, 0) is 22.4 Å². The Bertz CT molecular complexity index is 471. The monoisotopic (exact) mass is 281 g/mol. The first-order chi connectivity index (χ1) is 9.13. The Morgan fingerprint density at radius 1 is 1.58 bits per heavy atom. The van der Waals surface area contributed by atoms with Crippen LogP contribution in [0.4, 0.5) is 4.79 Å². The molecule has 1 amide bonds. The van der Waals surface area contributed by atoms with Crippen molar-refractivity contribution in [2.75, 3.05) is 19.7 Å². The lowest BCUT2D eigenvalue weighted by atomic mass is 9.91. The Morgan fingerprint density at radius 3 is 2.95 bits per heavy atom. The minimum Gasteiger partial charge on any atom is -0.481 e. The van der Waals surface area contributed by atoms with Crippen LogP contribution in [0.1, 0.15) is 11.5 Å². The van der Waals surface area contributed by atoms with Crippen LogP contribution in [-0.2, 0) is 9.53 Å². The fraction of sp³-hybridized carbons (Fsp3) is 0.385. The molecule has 0 aromatic carbocycles. The highest BCUT2D eigenvalue weighted by Crippen LogP contribution is 2.34. The van der Waals surface area contributed by atoms with E-state index in [1.807, 2.05) is 16.8 Å². The molecule has 0 radical (unpaired) electrons. The standard InChI is InChI=1S/C13H15NO4S/c1-2-4-18-13(17)14-6-10(9-3-5-19-8-9)11(7-14)12(15)16/h2-3,5,8,10-11H,1,4,6-7H2,(H,15,16)/t10-,11+/m0/s1. The molecule has 5 nitrogen and oxygen atoms in total. The van der Waals surface area contributed by atoms with Gasteiger partial charge in [-0.1, -0.05) is 12.7 Å². The molecule has 0 unspecified atom stereocenters. The van der Waals surface area contributed by atoms with E-state index in [0.717, 1.165) is 5.56 Å². The first-order valence-electron chi connectivity index (χ1n) is 5.91. The summed E-state index contributed by atoms with van der Waals surface area (Å²) in [6.07, 6.45) is 1.00. The lowest BCUT2D eigenvalue weighted by Gasteiger charge is -2.15. The van der Waals surface area contributed by atoms with Crippen molar-refractivity contribution in [2.24, 2.45) is 5.92 Å². The summed E-state index contributed by atoms with van der Waals surface area (Å²) in [6.45, 7) is 4.17. The van der Waals surface area contributed by atoms with Gasteiger partial charge in [0, 0.05) is 19.0 Å². The molecular formula is C13H15NO4S. The number of aliphatic carboxylic acids is 1. The molecule has 1 N–H and O–H groups in total. The second kappa shape index (κ2) is 5.88. The van der Waals surface area contributed by atoms with Crippen LogP contribution in [0.3, 0.4) is 0 Å². The highest BCUT2D eigenvalue weighted by Gasteiger charge is 2.41. The second-order valence-electron chi connectivity index (χ2n) is 4.38. The first-order valence-corrected chi connectivity index (χ1v) is 6.85. The molecule has 1 saturated heterocycles. The van der Waals surface area contributed by atoms with Gasteiger partial charge in [0.05, 0.1) is 5.92 Å². The molecule has 19 heavy (non-hydrogen) atoms. The van der Waals surface area contributed by atoms with Crippen molar-refractivity contribution in [2.45, 2.75) is 5.92 Å². The van der Waals surface area contributed by atoms with Crippen LogP contribution in [0, 0.1) is 5.92 Å². The highest BCUT2D eigenvalue weighted by atomic mass is 32.1. The third kappa shape index (κ3) is 2.96. The zero-order valence-corrected chi connectivity index (χ0v) is 11.1. The largest absolute Gasteiger partial charge is 0.481 e. The second-order valence-corrected chi connectivity index (χ2v) is 5.16. The molecule has 1 fully saturated rings.